The molecule has 1 aliphatic rings. The van der Waals surface area contributed by atoms with Crippen molar-refractivity contribution in [2.45, 2.75) is 44.4 Å². The Kier molecular flexibility index (Phi) is 2.73. The molecule has 0 atom stereocenters. The first-order valence-corrected chi connectivity index (χ1v) is 5.68. The van der Waals surface area contributed by atoms with Gasteiger partial charge in [-0.25, -0.2) is 9.97 Å². The minimum Gasteiger partial charge on any atom is -0.236 e. The lowest BCUT2D eigenvalue weighted by Gasteiger charge is -2.08. The Hall–Kier alpha value is -0.630. The second kappa shape index (κ2) is 3.85. The molecule has 0 amide bonds. The molecule has 1 fully saturated rings. The maximum absolute atomic E-state index is 5.78. The van der Waals surface area contributed by atoms with E-state index in [2.05, 4.69) is 29.9 Å². The van der Waals surface area contributed by atoms with Crippen LogP contribution in [0.2, 0.25) is 0 Å². The van der Waals surface area contributed by atoms with Gasteiger partial charge in [-0.2, -0.15) is 0 Å². The molecular weight excluding hydrogens is 196 g/mol. The Morgan fingerprint density at radius 3 is 2.64 bits per heavy atom. The van der Waals surface area contributed by atoms with Crippen molar-refractivity contribution >= 4 is 11.6 Å². The summed E-state index contributed by atoms with van der Waals surface area (Å²) in [6.45, 7) is 4.30. The summed E-state index contributed by atoms with van der Waals surface area (Å²) in [6.07, 6.45) is 2.55. The van der Waals surface area contributed by atoms with Gasteiger partial charge in [0, 0.05) is 17.3 Å². The maximum Gasteiger partial charge on any atom is 0.143 e. The molecule has 1 aromatic rings. The molecule has 0 unspecified atom stereocenters. The predicted octanol–water partition coefficient (Wildman–Crippen LogP) is 3.22. The van der Waals surface area contributed by atoms with E-state index in [1.807, 2.05) is 0 Å². The number of halogens is 1. The summed E-state index contributed by atoms with van der Waals surface area (Å²) in [7, 11) is 0. The van der Waals surface area contributed by atoms with Gasteiger partial charge >= 0.3 is 0 Å². The number of hydrogen-bond acceptors (Lipinski definition) is 2. The van der Waals surface area contributed by atoms with Crippen molar-refractivity contribution in [2.24, 2.45) is 0 Å². The van der Waals surface area contributed by atoms with Crippen LogP contribution in [0.4, 0.5) is 0 Å². The van der Waals surface area contributed by atoms with E-state index in [9.17, 15) is 0 Å². The molecule has 0 aliphatic heterocycles. The van der Waals surface area contributed by atoms with Gasteiger partial charge in [-0.15, -0.1) is 11.6 Å². The van der Waals surface area contributed by atoms with Crippen molar-refractivity contribution in [3.8, 4) is 0 Å². The molecule has 1 heterocycles. The highest BCUT2D eigenvalue weighted by Crippen LogP contribution is 2.39. The van der Waals surface area contributed by atoms with Crippen LogP contribution in [0.15, 0.2) is 6.07 Å². The Balaban J connectivity index is 2.35. The quantitative estimate of drug-likeness (QED) is 0.716. The van der Waals surface area contributed by atoms with Crippen molar-refractivity contribution < 1.29 is 0 Å². The lowest BCUT2D eigenvalue weighted by atomic mass is 10.1. The molecule has 2 rings (SSSR count). The normalized spacial score (nSPS) is 16.3. The van der Waals surface area contributed by atoms with Gasteiger partial charge in [0.2, 0.25) is 0 Å². The van der Waals surface area contributed by atoms with Crippen molar-refractivity contribution in [2.75, 3.05) is 0 Å². The topological polar surface area (TPSA) is 25.8 Å². The van der Waals surface area contributed by atoms with Gasteiger partial charge in [-0.1, -0.05) is 13.8 Å². The Morgan fingerprint density at radius 2 is 2.14 bits per heavy atom. The van der Waals surface area contributed by atoms with Crippen LogP contribution in [0.5, 0.6) is 0 Å². The molecule has 1 aliphatic carbocycles. The molecule has 0 saturated heterocycles. The van der Waals surface area contributed by atoms with E-state index in [4.69, 9.17) is 11.6 Å². The van der Waals surface area contributed by atoms with Crippen LogP contribution >= 0.6 is 11.6 Å². The fourth-order valence-electron chi connectivity index (χ4n) is 1.48. The van der Waals surface area contributed by atoms with Gasteiger partial charge < -0.3 is 0 Å². The molecule has 2 nitrogen and oxygen atoms in total. The lowest BCUT2D eigenvalue weighted by Crippen LogP contribution is -2.02. The molecule has 0 aromatic carbocycles. The number of nitrogens with zero attached hydrogens (tertiary/aromatic N) is 2. The lowest BCUT2D eigenvalue weighted by molar-refractivity contribution is 0.782. The molecular formula is C11H15ClN2. The van der Waals surface area contributed by atoms with Gasteiger partial charge in [0.1, 0.15) is 5.82 Å². The third kappa shape index (κ3) is 2.06. The standard InChI is InChI=1S/C11H15ClN2/c1-7(2)9-5-10(8-3-4-8)14-11(6-12)13-9/h5,7-8H,3-4,6H2,1-2H3. The molecule has 0 bridgehead atoms. The fourth-order valence-corrected chi connectivity index (χ4v) is 1.60. The molecule has 76 valence electrons. The second-order valence-corrected chi connectivity index (χ2v) is 4.46. The van der Waals surface area contributed by atoms with Crippen molar-refractivity contribution in [3.63, 3.8) is 0 Å². The van der Waals surface area contributed by atoms with Crippen LogP contribution in [0.1, 0.15) is 55.7 Å². The molecule has 3 heteroatoms. The molecule has 14 heavy (non-hydrogen) atoms. The molecule has 0 spiro atoms. The van der Waals surface area contributed by atoms with Crippen LogP contribution in [0, 0.1) is 0 Å². The minimum absolute atomic E-state index is 0.417. The smallest absolute Gasteiger partial charge is 0.143 e. The van der Waals surface area contributed by atoms with Crippen molar-refractivity contribution in [1.29, 1.82) is 0 Å². The molecule has 1 aromatic heterocycles. The first-order valence-electron chi connectivity index (χ1n) is 5.14. The zero-order valence-electron chi connectivity index (χ0n) is 8.63. The zero-order chi connectivity index (χ0) is 10.1. The van der Waals surface area contributed by atoms with Crippen LogP contribution in [0.25, 0.3) is 0 Å². The largest absolute Gasteiger partial charge is 0.236 e. The number of hydrogen-bond donors (Lipinski definition) is 0. The van der Waals surface area contributed by atoms with E-state index in [-0.39, 0.29) is 0 Å². The minimum atomic E-state index is 0.417. The SMILES string of the molecule is CC(C)c1cc(C2CC2)nc(CCl)n1. The van der Waals surface area contributed by atoms with Crippen LogP contribution in [-0.2, 0) is 5.88 Å². The number of aromatic nitrogens is 2. The second-order valence-electron chi connectivity index (χ2n) is 4.20. The van der Waals surface area contributed by atoms with E-state index < -0.39 is 0 Å². The average Bonchev–Trinajstić information content (AvgIpc) is 3.00. The third-order valence-electron chi connectivity index (χ3n) is 2.52. The van der Waals surface area contributed by atoms with E-state index >= 15 is 0 Å². The maximum atomic E-state index is 5.78. The van der Waals surface area contributed by atoms with Gasteiger partial charge in [0.05, 0.1) is 5.88 Å². The monoisotopic (exact) mass is 210 g/mol. The summed E-state index contributed by atoms with van der Waals surface area (Å²) in [4.78, 5) is 8.87. The van der Waals surface area contributed by atoms with Crippen molar-refractivity contribution in [3.05, 3.63) is 23.3 Å². The number of alkyl halides is 1. The number of rotatable bonds is 3. The fraction of sp³-hybridized carbons (Fsp3) is 0.636. The third-order valence-corrected chi connectivity index (χ3v) is 2.76. The highest BCUT2D eigenvalue weighted by atomic mass is 35.5. The Morgan fingerprint density at radius 1 is 1.43 bits per heavy atom. The predicted molar refractivity (Wildman–Crippen MR) is 57.7 cm³/mol. The van der Waals surface area contributed by atoms with Crippen molar-refractivity contribution in [1.82, 2.24) is 9.97 Å². The summed E-state index contributed by atoms with van der Waals surface area (Å²) in [6, 6.07) is 2.14. The van der Waals surface area contributed by atoms with Crippen LogP contribution in [-0.4, -0.2) is 9.97 Å². The zero-order valence-corrected chi connectivity index (χ0v) is 9.38. The highest BCUT2D eigenvalue weighted by Gasteiger charge is 2.26. The Bertz CT molecular complexity index is 312. The average molecular weight is 211 g/mol. The summed E-state index contributed by atoms with van der Waals surface area (Å²) in [5.41, 5.74) is 2.32. The van der Waals surface area contributed by atoms with E-state index in [0.29, 0.717) is 17.7 Å². The summed E-state index contributed by atoms with van der Waals surface area (Å²) >= 11 is 5.78. The van der Waals surface area contributed by atoms with E-state index in [0.717, 1.165) is 11.5 Å². The first-order chi connectivity index (χ1) is 6.70. The van der Waals surface area contributed by atoms with Gasteiger partial charge in [0.25, 0.3) is 0 Å². The van der Waals surface area contributed by atoms with E-state index in [1.165, 1.54) is 18.5 Å². The highest BCUT2D eigenvalue weighted by molar-refractivity contribution is 6.16. The van der Waals surface area contributed by atoms with Gasteiger partial charge in [-0.05, 0) is 24.8 Å². The summed E-state index contributed by atoms with van der Waals surface area (Å²) in [5.74, 6) is 2.33. The van der Waals surface area contributed by atoms with Crippen LogP contribution < -0.4 is 0 Å². The summed E-state index contributed by atoms with van der Waals surface area (Å²) in [5, 5.41) is 0. The molecule has 1 saturated carbocycles. The molecule has 0 radical (unpaired) electrons. The van der Waals surface area contributed by atoms with Gasteiger partial charge in [0.15, 0.2) is 0 Å². The van der Waals surface area contributed by atoms with Crippen LogP contribution in [0.3, 0.4) is 0 Å². The van der Waals surface area contributed by atoms with E-state index in [1.54, 1.807) is 0 Å². The Labute approximate surface area is 89.7 Å². The summed E-state index contributed by atoms with van der Waals surface area (Å²) < 4.78 is 0. The van der Waals surface area contributed by atoms with Gasteiger partial charge in [-0.3, -0.25) is 0 Å². The first kappa shape index (κ1) is 9.91. The molecule has 0 N–H and O–H groups in total.